The van der Waals surface area contributed by atoms with Crippen molar-refractivity contribution in [2.75, 3.05) is 6.54 Å². The second-order valence-corrected chi connectivity index (χ2v) is 4.77. The van der Waals surface area contributed by atoms with Gasteiger partial charge in [0.2, 0.25) is 0 Å². The molecular weight excluding hydrogens is 220 g/mol. The number of rotatable bonds is 4. The van der Waals surface area contributed by atoms with Gasteiger partial charge >= 0.3 is 6.09 Å². The standard InChI is InChI=1S/C12H22N2O3/c1-9(7-5-6-8-13)10(15)14-11(16)17-12(2,3)4/h7H,5-6,8,13H2,1-4H3,(H,14,15,16). The lowest BCUT2D eigenvalue weighted by molar-refractivity contribution is -0.117. The molecule has 0 aromatic rings. The molecule has 0 aliphatic rings. The molecule has 0 aromatic carbocycles. The minimum absolute atomic E-state index is 0.434. The van der Waals surface area contributed by atoms with E-state index >= 15 is 0 Å². The van der Waals surface area contributed by atoms with E-state index in [0.717, 1.165) is 12.8 Å². The van der Waals surface area contributed by atoms with Crippen molar-refractivity contribution in [2.45, 2.75) is 46.1 Å². The van der Waals surface area contributed by atoms with Crippen LogP contribution in [0.3, 0.4) is 0 Å². The number of amides is 2. The van der Waals surface area contributed by atoms with Crippen LogP contribution in [0, 0.1) is 0 Å². The van der Waals surface area contributed by atoms with Crippen LogP contribution in [0.15, 0.2) is 11.6 Å². The van der Waals surface area contributed by atoms with Crippen LogP contribution in [0.2, 0.25) is 0 Å². The number of alkyl carbamates (subject to hydrolysis) is 1. The zero-order chi connectivity index (χ0) is 13.5. The topological polar surface area (TPSA) is 81.4 Å². The highest BCUT2D eigenvalue weighted by Crippen LogP contribution is 2.07. The van der Waals surface area contributed by atoms with Crippen LogP contribution in [-0.2, 0) is 9.53 Å². The molecule has 3 N–H and O–H groups in total. The average molecular weight is 242 g/mol. The Hall–Kier alpha value is -1.36. The second-order valence-electron chi connectivity index (χ2n) is 4.77. The van der Waals surface area contributed by atoms with Gasteiger partial charge in [0, 0.05) is 5.57 Å². The molecule has 2 amide bonds. The lowest BCUT2D eigenvalue weighted by Gasteiger charge is -2.19. The normalized spacial score (nSPS) is 12.2. The summed E-state index contributed by atoms with van der Waals surface area (Å²) in [6.45, 7) is 7.44. The first-order chi connectivity index (χ1) is 7.76. The lowest BCUT2D eigenvalue weighted by atomic mass is 10.2. The predicted octanol–water partition coefficient (Wildman–Crippen LogP) is 1.72. The van der Waals surface area contributed by atoms with E-state index in [2.05, 4.69) is 5.32 Å². The Morgan fingerprint density at radius 1 is 1.35 bits per heavy atom. The van der Waals surface area contributed by atoms with Crippen LogP contribution in [0.4, 0.5) is 4.79 Å². The van der Waals surface area contributed by atoms with Crippen LogP contribution < -0.4 is 11.1 Å². The van der Waals surface area contributed by atoms with E-state index in [9.17, 15) is 9.59 Å². The summed E-state index contributed by atoms with van der Waals surface area (Å²) in [6.07, 6.45) is 2.57. The summed E-state index contributed by atoms with van der Waals surface area (Å²) < 4.78 is 4.97. The molecular formula is C12H22N2O3. The van der Waals surface area contributed by atoms with E-state index in [1.54, 1.807) is 33.8 Å². The minimum atomic E-state index is -0.728. The molecule has 0 saturated heterocycles. The fourth-order valence-corrected chi connectivity index (χ4v) is 1.02. The second kappa shape index (κ2) is 7.06. The monoisotopic (exact) mass is 242 g/mol. The highest BCUT2D eigenvalue weighted by Gasteiger charge is 2.18. The van der Waals surface area contributed by atoms with E-state index < -0.39 is 17.6 Å². The molecule has 0 fully saturated rings. The van der Waals surface area contributed by atoms with Crippen LogP contribution in [0.25, 0.3) is 0 Å². The fourth-order valence-electron chi connectivity index (χ4n) is 1.02. The van der Waals surface area contributed by atoms with Crippen molar-refractivity contribution in [1.82, 2.24) is 5.32 Å². The quantitative estimate of drug-likeness (QED) is 0.581. The van der Waals surface area contributed by atoms with Gasteiger partial charge in [-0.05, 0) is 47.1 Å². The summed E-state index contributed by atoms with van der Waals surface area (Å²) in [5.74, 6) is -0.434. The van der Waals surface area contributed by atoms with E-state index in [4.69, 9.17) is 10.5 Å². The van der Waals surface area contributed by atoms with Gasteiger partial charge in [0.05, 0.1) is 0 Å². The highest BCUT2D eigenvalue weighted by molar-refractivity contribution is 6.01. The number of nitrogens with one attached hydrogen (secondary N) is 1. The van der Waals surface area contributed by atoms with Crippen LogP contribution in [0.1, 0.15) is 40.5 Å². The third-order valence-corrected chi connectivity index (χ3v) is 1.83. The molecule has 98 valence electrons. The van der Waals surface area contributed by atoms with E-state index in [1.165, 1.54) is 0 Å². The zero-order valence-corrected chi connectivity index (χ0v) is 11.0. The van der Waals surface area contributed by atoms with Gasteiger partial charge in [0.25, 0.3) is 5.91 Å². The number of hydrogen-bond acceptors (Lipinski definition) is 4. The molecule has 5 nitrogen and oxygen atoms in total. The number of imide groups is 1. The van der Waals surface area contributed by atoms with Crippen LogP contribution in [0.5, 0.6) is 0 Å². The first-order valence-electron chi connectivity index (χ1n) is 5.67. The van der Waals surface area contributed by atoms with Crippen LogP contribution in [-0.4, -0.2) is 24.1 Å². The number of carbonyl (C=O) groups is 2. The molecule has 17 heavy (non-hydrogen) atoms. The van der Waals surface area contributed by atoms with Crippen molar-refractivity contribution >= 4 is 12.0 Å². The number of allylic oxidation sites excluding steroid dienone is 1. The maximum atomic E-state index is 11.5. The molecule has 0 unspecified atom stereocenters. The molecule has 0 saturated carbocycles. The Kier molecular flexibility index (Phi) is 6.50. The number of nitrogens with two attached hydrogens (primary N) is 1. The minimum Gasteiger partial charge on any atom is -0.444 e. The first kappa shape index (κ1) is 15.6. The Morgan fingerprint density at radius 2 is 1.94 bits per heavy atom. The molecule has 0 rings (SSSR count). The molecule has 0 spiro atoms. The third-order valence-electron chi connectivity index (χ3n) is 1.83. The highest BCUT2D eigenvalue weighted by atomic mass is 16.6. The number of hydrogen-bond donors (Lipinski definition) is 2. The maximum Gasteiger partial charge on any atom is 0.414 e. The molecule has 0 aromatic heterocycles. The maximum absolute atomic E-state index is 11.5. The molecule has 0 heterocycles. The van der Waals surface area contributed by atoms with Gasteiger partial charge in [-0.25, -0.2) is 4.79 Å². The number of carbonyl (C=O) groups excluding carboxylic acids is 2. The molecule has 0 aliphatic heterocycles. The van der Waals surface area contributed by atoms with Crippen molar-refractivity contribution in [2.24, 2.45) is 5.73 Å². The third kappa shape index (κ3) is 8.45. The van der Waals surface area contributed by atoms with Crippen molar-refractivity contribution in [3.63, 3.8) is 0 Å². The molecule has 0 aliphatic carbocycles. The molecule has 0 bridgehead atoms. The SMILES string of the molecule is CC(=CCCCN)C(=O)NC(=O)OC(C)(C)C. The van der Waals surface area contributed by atoms with Gasteiger partial charge in [0.15, 0.2) is 0 Å². The fraction of sp³-hybridized carbons (Fsp3) is 0.667. The van der Waals surface area contributed by atoms with Crippen molar-refractivity contribution in [1.29, 1.82) is 0 Å². The van der Waals surface area contributed by atoms with E-state index in [-0.39, 0.29) is 0 Å². The molecule has 0 atom stereocenters. The zero-order valence-electron chi connectivity index (χ0n) is 11.0. The number of unbranched alkanes of at least 4 members (excludes halogenated alkanes) is 1. The van der Waals surface area contributed by atoms with Crippen LogP contribution >= 0.6 is 0 Å². The summed E-state index contributed by atoms with van der Waals surface area (Å²) in [4.78, 5) is 22.8. The Bertz CT molecular complexity index is 303. The molecule has 5 heteroatoms. The summed E-state index contributed by atoms with van der Waals surface area (Å²) in [6, 6.07) is 0. The van der Waals surface area contributed by atoms with Gasteiger partial charge < -0.3 is 10.5 Å². The lowest BCUT2D eigenvalue weighted by Crippen LogP contribution is -2.36. The summed E-state index contributed by atoms with van der Waals surface area (Å²) in [7, 11) is 0. The van der Waals surface area contributed by atoms with Crippen molar-refractivity contribution < 1.29 is 14.3 Å². The van der Waals surface area contributed by atoms with Gasteiger partial charge in [-0.1, -0.05) is 6.08 Å². The van der Waals surface area contributed by atoms with Gasteiger partial charge in [0.1, 0.15) is 5.60 Å². The summed E-state index contributed by atoms with van der Waals surface area (Å²) >= 11 is 0. The van der Waals surface area contributed by atoms with Crippen molar-refractivity contribution in [3.05, 3.63) is 11.6 Å². The molecule has 0 radical (unpaired) electrons. The van der Waals surface area contributed by atoms with E-state index in [1.807, 2.05) is 0 Å². The van der Waals surface area contributed by atoms with Gasteiger partial charge in [-0.2, -0.15) is 0 Å². The largest absolute Gasteiger partial charge is 0.444 e. The van der Waals surface area contributed by atoms with E-state index in [0.29, 0.717) is 12.1 Å². The Morgan fingerprint density at radius 3 is 2.41 bits per heavy atom. The van der Waals surface area contributed by atoms with Gasteiger partial charge in [-0.15, -0.1) is 0 Å². The Labute approximate surface area is 102 Å². The first-order valence-corrected chi connectivity index (χ1v) is 5.67. The smallest absolute Gasteiger partial charge is 0.414 e. The number of ether oxygens (including phenoxy) is 1. The predicted molar refractivity (Wildman–Crippen MR) is 66.4 cm³/mol. The van der Waals surface area contributed by atoms with Gasteiger partial charge in [-0.3, -0.25) is 10.1 Å². The Balaban J connectivity index is 4.16. The van der Waals surface area contributed by atoms with Crippen molar-refractivity contribution in [3.8, 4) is 0 Å². The summed E-state index contributed by atoms with van der Waals surface area (Å²) in [5, 5.41) is 2.16. The summed E-state index contributed by atoms with van der Waals surface area (Å²) in [5.41, 5.74) is 5.22. The average Bonchev–Trinajstić information content (AvgIpc) is 2.14.